The van der Waals surface area contributed by atoms with Crippen LogP contribution >= 0.6 is 0 Å². The van der Waals surface area contributed by atoms with Crippen LogP contribution in [0.25, 0.3) is 0 Å². The molecule has 1 heterocycles. The lowest BCUT2D eigenvalue weighted by molar-refractivity contribution is 0.385. The van der Waals surface area contributed by atoms with Gasteiger partial charge in [0.15, 0.2) is 0 Å². The fraction of sp³-hybridized carbons (Fsp3) is 0.333. The largest absolute Gasteiger partial charge is 0.399 e. The first-order valence-electron chi connectivity index (χ1n) is 8.06. The third-order valence-corrected chi connectivity index (χ3v) is 6.53. The van der Waals surface area contributed by atoms with Crippen LogP contribution in [0.4, 0.5) is 11.4 Å². The number of anilines is 2. The molecule has 0 aliphatic carbocycles. The van der Waals surface area contributed by atoms with Gasteiger partial charge in [-0.15, -0.1) is 0 Å². The molecule has 0 amide bonds. The maximum absolute atomic E-state index is 12.7. The zero-order valence-electron chi connectivity index (χ0n) is 14.1. The molecule has 1 saturated heterocycles. The van der Waals surface area contributed by atoms with Crippen molar-refractivity contribution >= 4 is 21.4 Å². The molecule has 2 aromatic carbocycles. The van der Waals surface area contributed by atoms with E-state index in [2.05, 4.69) is 36.9 Å². The number of nitrogen functional groups attached to an aromatic ring is 1. The summed E-state index contributed by atoms with van der Waals surface area (Å²) in [6, 6.07) is 12.8. The van der Waals surface area contributed by atoms with Crippen molar-refractivity contribution in [3.05, 3.63) is 53.6 Å². The number of piperazine rings is 1. The van der Waals surface area contributed by atoms with Crippen LogP contribution in [0.1, 0.15) is 11.1 Å². The van der Waals surface area contributed by atoms with E-state index in [1.807, 2.05) is 0 Å². The van der Waals surface area contributed by atoms with Crippen molar-refractivity contribution in [3.8, 4) is 0 Å². The van der Waals surface area contributed by atoms with Gasteiger partial charge in [0.1, 0.15) is 0 Å². The van der Waals surface area contributed by atoms with Crippen molar-refractivity contribution in [2.24, 2.45) is 0 Å². The van der Waals surface area contributed by atoms with Crippen molar-refractivity contribution in [1.29, 1.82) is 0 Å². The van der Waals surface area contributed by atoms with Gasteiger partial charge in [-0.1, -0.05) is 6.07 Å². The molecule has 0 spiro atoms. The summed E-state index contributed by atoms with van der Waals surface area (Å²) in [6.45, 7) is 6.55. The molecular formula is C18H23N3O2S. The number of aryl methyl sites for hydroxylation is 2. The molecule has 2 aromatic rings. The van der Waals surface area contributed by atoms with Crippen LogP contribution < -0.4 is 10.6 Å². The second-order valence-electron chi connectivity index (χ2n) is 6.23. The Bertz CT molecular complexity index is 824. The molecule has 0 atom stereocenters. The third kappa shape index (κ3) is 3.25. The van der Waals surface area contributed by atoms with Gasteiger partial charge >= 0.3 is 0 Å². The Morgan fingerprint density at radius 2 is 1.50 bits per heavy atom. The summed E-state index contributed by atoms with van der Waals surface area (Å²) in [5.74, 6) is 0. The first-order chi connectivity index (χ1) is 11.4. The minimum atomic E-state index is -3.45. The molecule has 3 rings (SSSR count). The predicted octanol–water partition coefficient (Wildman–Crippen LogP) is 2.40. The van der Waals surface area contributed by atoms with Gasteiger partial charge in [0.2, 0.25) is 10.0 Å². The molecule has 0 radical (unpaired) electrons. The van der Waals surface area contributed by atoms with Crippen molar-refractivity contribution in [3.63, 3.8) is 0 Å². The standard InChI is InChI=1S/C18H23N3O2S/c1-14-3-6-17(13-15(14)2)20-9-11-21(12-10-20)24(22,23)18-7-4-16(19)5-8-18/h3-8,13H,9-12,19H2,1-2H3. The maximum Gasteiger partial charge on any atom is 0.243 e. The monoisotopic (exact) mass is 345 g/mol. The van der Waals surface area contributed by atoms with Crippen molar-refractivity contribution < 1.29 is 8.42 Å². The van der Waals surface area contributed by atoms with Gasteiger partial charge < -0.3 is 10.6 Å². The van der Waals surface area contributed by atoms with Crippen LogP contribution in [-0.4, -0.2) is 38.9 Å². The van der Waals surface area contributed by atoms with E-state index in [1.54, 1.807) is 28.6 Å². The Hall–Kier alpha value is -2.05. The second kappa shape index (κ2) is 6.45. The van der Waals surface area contributed by atoms with Crippen molar-refractivity contribution in [2.75, 3.05) is 36.8 Å². The van der Waals surface area contributed by atoms with E-state index in [0.29, 0.717) is 36.8 Å². The van der Waals surface area contributed by atoms with Crippen LogP contribution in [0.5, 0.6) is 0 Å². The number of rotatable bonds is 3. The lowest BCUT2D eigenvalue weighted by atomic mass is 10.1. The number of nitrogens with zero attached hydrogens (tertiary/aromatic N) is 2. The summed E-state index contributed by atoms with van der Waals surface area (Å²) in [7, 11) is -3.45. The minimum absolute atomic E-state index is 0.302. The molecule has 0 aromatic heterocycles. The normalized spacial score (nSPS) is 16.3. The van der Waals surface area contributed by atoms with Crippen LogP contribution in [0, 0.1) is 13.8 Å². The third-order valence-electron chi connectivity index (χ3n) is 4.61. The van der Waals surface area contributed by atoms with Crippen LogP contribution in [0.15, 0.2) is 47.4 Å². The zero-order chi connectivity index (χ0) is 17.3. The molecule has 0 bridgehead atoms. The molecule has 1 aliphatic heterocycles. The number of benzene rings is 2. The van der Waals surface area contributed by atoms with Crippen LogP contribution in [0.2, 0.25) is 0 Å². The summed E-state index contributed by atoms with van der Waals surface area (Å²) in [5, 5.41) is 0. The lowest BCUT2D eigenvalue weighted by Crippen LogP contribution is -2.48. The summed E-state index contributed by atoms with van der Waals surface area (Å²) < 4.78 is 27.0. The highest BCUT2D eigenvalue weighted by molar-refractivity contribution is 7.89. The topological polar surface area (TPSA) is 66.6 Å². The van der Waals surface area contributed by atoms with E-state index in [4.69, 9.17) is 5.73 Å². The van der Waals surface area contributed by atoms with Gasteiger partial charge in [0, 0.05) is 37.6 Å². The van der Waals surface area contributed by atoms with Gasteiger partial charge in [-0.05, 0) is 61.4 Å². The quantitative estimate of drug-likeness (QED) is 0.868. The molecule has 1 aliphatic rings. The van der Waals surface area contributed by atoms with Crippen molar-refractivity contribution in [1.82, 2.24) is 4.31 Å². The maximum atomic E-state index is 12.7. The minimum Gasteiger partial charge on any atom is -0.399 e. The summed E-state index contributed by atoms with van der Waals surface area (Å²) in [6.07, 6.45) is 0. The smallest absolute Gasteiger partial charge is 0.243 e. The summed E-state index contributed by atoms with van der Waals surface area (Å²) in [5.41, 5.74) is 9.88. The molecular weight excluding hydrogens is 322 g/mol. The molecule has 6 heteroatoms. The number of sulfonamides is 1. The second-order valence-corrected chi connectivity index (χ2v) is 8.17. The lowest BCUT2D eigenvalue weighted by Gasteiger charge is -2.35. The van der Waals surface area contributed by atoms with Gasteiger partial charge in [-0.2, -0.15) is 4.31 Å². The van der Waals surface area contributed by atoms with Crippen LogP contribution in [-0.2, 0) is 10.0 Å². The Labute approximate surface area is 143 Å². The number of nitrogens with two attached hydrogens (primary N) is 1. The average Bonchev–Trinajstić information content (AvgIpc) is 2.58. The Balaban J connectivity index is 1.72. The molecule has 24 heavy (non-hydrogen) atoms. The highest BCUT2D eigenvalue weighted by Crippen LogP contribution is 2.23. The average molecular weight is 345 g/mol. The molecule has 2 N–H and O–H groups in total. The molecule has 0 saturated carbocycles. The van der Waals surface area contributed by atoms with E-state index in [0.717, 1.165) is 5.69 Å². The van der Waals surface area contributed by atoms with Gasteiger partial charge in [-0.3, -0.25) is 0 Å². The van der Waals surface area contributed by atoms with E-state index in [-0.39, 0.29) is 0 Å². The summed E-state index contributed by atoms with van der Waals surface area (Å²) >= 11 is 0. The number of hydrogen-bond donors (Lipinski definition) is 1. The highest BCUT2D eigenvalue weighted by atomic mass is 32.2. The Morgan fingerprint density at radius 1 is 0.875 bits per heavy atom. The zero-order valence-corrected chi connectivity index (χ0v) is 14.9. The van der Waals surface area contributed by atoms with Gasteiger partial charge in [0.05, 0.1) is 4.90 Å². The van der Waals surface area contributed by atoms with E-state index in [1.165, 1.54) is 11.1 Å². The highest BCUT2D eigenvalue weighted by Gasteiger charge is 2.28. The van der Waals surface area contributed by atoms with E-state index < -0.39 is 10.0 Å². The molecule has 128 valence electrons. The first-order valence-corrected chi connectivity index (χ1v) is 9.50. The summed E-state index contributed by atoms with van der Waals surface area (Å²) in [4.78, 5) is 2.54. The molecule has 5 nitrogen and oxygen atoms in total. The van der Waals surface area contributed by atoms with E-state index in [9.17, 15) is 8.42 Å². The SMILES string of the molecule is Cc1ccc(N2CCN(S(=O)(=O)c3ccc(N)cc3)CC2)cc1C. The van der Waals surface area contributed by atoms with E-state index >= 15 is 0 Å². The predicted molar refractivity (Wildman–Crippen MR) is 97.7 cm³/mol. The molecule has 1 fully saturated rings. The Morgan fingerprint density at radius 3 is 2.08 bits per heavy atom. The fourth-order valence-electron chi connectivity index (χ4n) is 2.90. The number of hydrogen-bond acceptors (Lipinski definition) is 4. The Kier molecular flexibility index (Phi) is 4.51. The van der Waals surface area contributed by atoms with Crippen LogP contribution in [0.3, 0.4) is 0 Å². The molecule has 0 unspecified atom stereocenters. The fourth-order valence-corrected chi connectivity index (χ4v) is 4.32. The van der Waals surface area contributed by atoms with Crippen molar-refractivity contribution in [2.45, 2.75) is 18.7 Å². The van der Waals surface area contributed by atoms with Gasteiger partial charge in [0.25, 0.3) is 0 Å². The van der Waals surface area contributed by atoms with Gasteiger partial charge in [-0.25, -0.2) is 8.42 Å². The first kappa shape index (κ1) is 16.8.